The summed E-state index contributed by atoms with van der Waals surface area (Å²) in [6, 6.07) is 16.0. The second kappa shape index (κ2) is 12.4. The Balaban J connectivity index is 1.32. The van der Waals surface area contributed by atoms with Crippen LogP contribution in [0, 0.1) is 17.3 Å². The average Bonchev–Trinajstić information content (AvgIpc) is 3.23. The highest BCUT2D eigenvalue weighted by molar-refractivity contribution is 6.35. The first-order valence-corrected chi connectivity index (χ1v) is 15.1. The number of hydrogen-bond donors (Lipinski definition) is 4. The van der Waals surface area contributed by atoms with Crippen molar-refractivity contribution in [2.45, 2.75) is 52.5 Å². The fourth-order valence-corrected chi connectivity index (χ4v) is 6.54. The molecule has 5 rings (SSSR count). The minimum absolute atomic E-state index is 0.215. The summed E-state index contributed by atoms with van der Waals surface area (Å²) in [5.41, 5.74) is 2.94. The van der Waals surface area contributed by atoms with Crippen molar-refractivity contribution in [2.24, 2.45) is 17.3 Å². The third kappa shape index (κ3) is 7.20. The number of urea groups is 1. The molecule has 1 aliphatic carbocycles. The van der Waals surface area contributed by atoms with E-state index in [1.807, 2.05) is 12.1 Å². The van der Waals surface area contributed by atoms with Crippen LogP contribution in [0.1, 0.15) is 89.1 Å². The van der Waals surface area contributed by atoms with E-state index in [0.717, 1.165) is 31.2 Å². The number of halogens is 2. The van der Waals surface area contributed by atoms with E-state index in [1.165, 1.54) is 12.1 Å². The van der Waals surface area contributed by atoms with E-state index in [0.29, 0.717) is 32.9 Å². The normalized spacial score (nSPS) is 18.8. The van der Waals surface area contributed by atoms with Crippen LogP contribution in [0.2, 0.25) is 10.0 Å². The average molecular weight is 622 g/mol. The van der Waals surface area contributed by atoms with E-state index in [9.17, 15) is 19.2 Å². The van der Waals surface area contributed by atoms with Gasteiger partial charge in [-0.15, -0.1) is 0 Å². The van der Waals surface area contributed by atoms with Crippen molar-refractivity contribution >= 4 is 58.3 Å². The first-order valence-electron chi connectivity index (χ1n) is 14.3. The van der Waals surface area contributed by atoms with Crippen molar-refractivity contribution in [2.75, 3.05) is 10.6 Å². The van der Waals surface area contributed by atoms with Crippen molar-refractivity contribution in [3.8, 4) is 0 Å². The van der Waals surface area contributed by atoms with Gasteiger partial charge in [0.05, 0.1) is 17.2 Å². The zero-order valence-corrected chi connectivity index (χ0v) is 25.7. The highest BCUT2D eigenvalue weighted by Gasteiger charge is 2.34. The minimum Gasteiger partial charge on any atom is -0.331 e. The van der Waals surface area contributed by atoms with Crippen LogP contribution in [0.25, 0.3) is 0 Å². The van der Waals surface area contributed by atoms with Gasteiger partial charge >= 0.3 is 6.03 Å². The summed E-state index contributed by atoms with van der Waals surface area (Å²) in [7, 11) is 0. The zero-order valence-electron chi connectivity index (χ0n) is 24.2. The summed E-state index contributed by atoms with van der Waals surface area (Å²) in [6.07, 6.45) is 4.07. The molecule has 224 valence electrons. The predicted molar refractivity (Wildman–Crippen MR) is 169 cm³/mol. The first-order chi connectivity index (χ1) is 20.4. The predicted octanol–water partition coefficient (Wildman–Crippen LogP) is 7.84. The van der Waals surface area contributed by atoms with Gasteiger partial charge in [-0.3, -0.25) is 19.7 Å². The fourth-order valence-electron chi connectivity index (χ4n) is 6.02. The van der Waals surface area contributed by atoms with Crippen LogP contribution in [0.15, 0.2) is 60.7 Å². The van der Waals surface area contributed by atoms with Crippen molar-refractivity contribution in [3.63, 3.8) is 0 Å². The molecule has 3 aromatic carbocycles. The maximum atomic E-state index is 13.2. The monoisotopic (exact) mass is 620 g/mol. The Bertz CT molecular complexity index is 1550. The maximum Gasteiger partial charge on any atom is 0.319 e. The molecule has 10 heteroatoms. The zero-order chi connectivity index (χ0) is 30.9. The number of nitrogens with one attached hydrogen (secondary N) is 4. The lowest BCUT2D eigenvalue weighted by Crippen LogP contribution is -2.38. The number of rotatable bonds is 6. The van der Waals surface area contributed by atoms with Gasteiger partial charge in [0, 0.05) is 27.0 Å². The molecule has 1 unspecified atom stereocenters. The number of imide groups is 1. The van der Waals surface area contributed by atoms with Gasteiger partial charge in [0.25, 0.3) is 17.7 Å². The summed E-state index contributed by atoms with van der Waals surface area (Å²) >= 11 is 12.2. The summed E-state index contributed by atoms with van der Waals surface area (Å²) in [4.78, 5) is 50.0. The smallest absolute Gasteiger partial charge is 0.319 e. The number of hydrogen-bond acceptors (Lipinski definition) is 4. The van der Waals surface area contributed by atoms with Gasteiger partial charge in [-0.2, -0.15) is 0 Å². The summed E-state index contributed by atoms with van der Waals surface area (Å²) in [6.45, 7) is 6.83. The van der Waals surface area contributed by atoms with Gasteiger partial charge in [0.2, 0.25) is 0 Å². The SMILES string of the molecule is CC(C)(C)C1CCC(C(NC(=O)Nc2cc(Cl)cc(Cl)c2)c2ccc(C(=O)Nc3ccc4c(c3)C(=O)NC4=O)cc2)CC1. The molecule has 0 saturated heterocycles. The van der Waals surface area contributed by atoms with Crippen LogP contribution in [0.5, 0.6) is 0 Å². The molecule has 1 atom stereocenters. The van der Waals surface area contributed by atoms with Crippen molar-refractivity contribution < 1.29 is 19.2 Å². The van der Waals surface area contributed by atoms with Crippen LogP contribution in [-0.4, -0.2) is 23.8 Å². The molecule has 0 radical (unpaired) electrons. The van der Waals surface area contributed by atoms with E-state index >= 15 is 0 Å². The van der Waals surface area contributed by atoms with E-state index in [4.69, 9.17) is 23.2 Å². The molecule has 1 saturated carbocycles. The topological polar surface area (TPSA) is 116 Å². The molecule has 1 heterocycles. The van der Waals surface area contributed by atoms with E-state index < -0.39 is 11.8 Å². The van der Waals surface area contributed by atoms with E-state index in [1.54, 1.807) is 36.4 Å². The fraction of sp³-hybridized carbons (Fsp3) is 0.333. The molecule has 4 N–H and O–H groups in total. The summed E-state index contributed by atoms with van der Waals surface area (Å²) in [5.74, 6) is -0.470. The number of anilines is 2. The minimum atomic E-state index is -0.488. The number of fused-ring (bicyclic) bond motifs is 1. The third-order valence-corrected chi connectivity index (χ3v) is 8.84. The molecule has 43 heavy (non-hydrogen) atoms. The van der Waals surface area contributed by atoms with Gasteiger partial charge in [0.15, 0.2) is 0 Å². The van der Waals surface area contributed by atoms with Crippen LogP contribution < -0.4 is 21.3 Å². The maximum absolute atomic E-state index is 13.2. The van der Waals surface area contributed by atoms with E-state index in [-0.39, 0.29) is 40.4 Å². The Morgan fingerprint density at radius 3 is 2.05 bits per heavy atom. The van der Waals surface area contributed by atoms with Crippen LogP contribution >= 0.6 is 23.2 Å². The largest absolute Gasteiger partial charge is 0.331 e. The van der Waals surface area contributed by atoms with Gasteiger partial charge in [-0.25, -0.2) is 4.79 Å². The molecule has 0 bridgehead atoms. The Hall–Kier alpha value is -3.88. The van der Waals surface area contributed by atoms with Crippen molar-refractivity contribution in [1.29, 1.82) is 0 Å². The second-order valence-corrected chi connectivity index (χ2v) is 13.2. The molecule has 2 aliphatic rings. The van der Waals surface area contributed by atoms with Gasteiger partial charge in [0.1, 0.15) is 0 Å². The molecule has 1 fully saturated rings. The lowest BCUT2D eigenvalue weighted by Gasteiger charge is -2.39. The van der Waals surface area contributed by atoms with Crippen molar-refractivity contribution in [3.05, 3.63) is 93.0 Å². The Kier molecular flexibility index (Phi) is 8.81. The lowest BCUT2D eigenvalue weighted by atomic mass is 9.68. The Morgan fingerprint density at radius 2 is 1.42 bits per heavy atom. The lowest BCUT2D eigenvalue weighted by molar-refractivity contribution is 0.0878. The highest BCUT2D eigenvalue weighted by Crippen LogP contribution is 2.43. The molecular weight excluding hydrogens is 587 g/mol. The molecule has 3 aromatic rings. The molecular formula is C33H34Cl2N4O4. The van der Waals surface area contributed by atoms with Crippen molar-refractivity contribution in [1.82, 2.24) is 10.6 Å². The summed E-state index contributed by atoms with van der Waals surface area (Å²) in [5, 5.41) is 11.9. The molecule has 1 aliphatic heterocycles. The number of benzene rings is 3. The summed E-state index contributed by atoms with van der Waals surface area (Å²) < 4.78 is 0. The molecule has 8 nitrogen and oxygen atoms in total. The van der Waals surface area contributed by atoms with Crippen LogP contribution in [-0.2, 0) is 0 Å². The quantitative estimate of drug-likeness (QED) is 0.210. The third-order valence-electron chi connectivity index (χ3n) is 8.40. The van der Waals surface area contributed by atoms with Gasteiger partial charge in [-0.05, 0) is 97.0 Å². The Morgan fingerprint density at radius 1 is 0.791 bits per heavy atom. The van der Waals surface area contributed by atoms with E-state index in [2.05, 4.69) is 42.0 Å². The molecule has 0 aromatic heterocycles. The number of carbonyl (C=O) groups is 4. The molecule has 0 spiro atoms. The standard InChI is InChI=1S/C33H34Cl2N4O4/c1-33(2,3)21-10-8-19(9-11-21)28(38-32(43)37-25-15-22(34)14-23(35)16-25)18-4-6-20(7-5-18)29(40)36-24-12-13-26-27(17-24)31(42)39-30(26)41/h4-7,12-17,19,21,28H,8-11H2,1-3H3,(H,36,40)(H2,37,38,43)(H,39,41,42). The molecule has 5 amide bonds. The Labute approximate surface area is 260 Å². The van der Waals surface area contributed by atoms with Gasteiger partial charge in [-0.1, -0.05) is 56.1 Å². The first kappa shape index (κ1) is 30.6. The second-order valence-electron chi connectivity index (χ2n) is 12.3. The van der Waals surface area contributed by atoms with Crippen LogP contribution in [0.4, 0.5) is 16.2 Å². The van der Waals surface area contributed by atoms with Gasteiger partial charge < -0.3 is 16.0 Å². The highest BCUT2D eigenvalue weighted by atomic mass is 35.5. The van der Waals surface area contributed by atoms with Crippen LogP contribution in [0.3, 0.4) is 0 Å². The number of carbonyl (C=O) groups excluding carboxylic acids is 4. The number of amides is 5.